The van der Waals surface area contributed by atoms with E-state index in [2.05, 4.69) is 42.3 Å². The molecule has 0 saturated heterocycles. The van der Waals surface area contributed by atoms with Crippen LogP contribution in [0.3, 0.4) is 0 Å². The van der Waals surface area contributed by atoms with Gasteiger partial charge in [-0.2, -0.15) is 0 Å². The van der Waals surface area contributed by atoms with Gasteiger partial charge < -0.3 is 10.1 Å². The van der Waals surface area contributed by atoms with Crippen molar-refractivity contribution in [2.45, 2.75) is 32.7 Å². The van der Waals surface area contributed by atoms with Gasteiger partial charge in [0.05, 0.1) is 12.6 Å². The third-order valence-corrected chi connectivity index (χ3v) is 3.80. The molecule has 108 valence electrons. The van der Waals surface area contributed by atoms with Crippen molar-refractivity contribution in [1.29, 1.82) is 0 Å². The van der Waals surface area contributed by atoms with E-state index >= 15 is 0 Å². The van der Waals surface area contributed by atoms with Crippen LogP contribution >= 0.6 is 11.3 Å². The zero-order valence-electron chi connectivity index (χ0n) is 12.1. The molecule has 1 aromatic carbocycles. The van der Waals surface area contributed by atoms with Crippen LogP contribution in [0.5, 0.6) is 5.75 Å². The summed E-state index contributed by atoms with van der Waals surface area (Å²) < 4.78 is 5.72. The van der Waals surface area contributed by atoms with Gasteiger partial charge in [-0.3, -0.25) is 0 Å². The summed E-state index contributed by atoms with van der Waals surface area (Å²) in [6, 6.07) is 8.46. The predicted octanol–water partition coefficient (Wildman–Crippen LogP) is 4.02. The minimum Gasteiger partial charge on any atom is -0.494 e. The van der Waals surface area contributed by atoms with Crippen molar-refractivity contribution in [2.24, 2.45) is 0 Å². The molecular formula is C16H22N2OS. The van der Waals surface area contributed by atoms with Crippen molar-refractivity contribution in [1.82, 2.24) is 10.3 Å². The lowest BCUT2D eigenvalue weighted by molar-refractivity contribution is 0.317. The number of nitrogens with zero attached hydrogens (tertiary/aromatic N) is 1. The van der Waals surface area contributed by atoms with Gasteiger partial charge in [0.2, 0.25) is 0 Å². The first-order chi connectivity index (χ1) is 9.85. The van der Waals surface area contributed by atoms with Crippen LogP contribution < -0.4 is 10.1 Å². The first kappa shape index (κ1) is 15.0. The molecule has 1 heterocycles. The highest BCUT2D eigenvalue weighted by atomic mass is 32.1. The fourth-order valence-electron chi connectivity index (χ4n) is 2.02. The molecule has 1 N–H and O–H groups in total. The second-order valence-electron chi connectivity index (χ2n) is 4.68. The Kier molecular flexibility index (Phi) is 6.02. The summed E-state index contributed by atoms with van der Waals surface area (Å²) in [4.78, 5) is 4.45. The van der Waals surface area contributed by atoms with Crippen molar-refractivity contribution in [2.75, 3.05) is 13.2 Å². The Bertz CT molecular complexity index is 499. The molecule has 20 heavy (non-hydrogen) atoms. The second-order valence-corrected chi connectivity index (χ2v) is 5.60. The molecule has 0 amide bonds. The minimum atomic E-state index is 0.153. The molecule has 0 aliphatic heterocycles. The van der Waals surface area contributed by atoms with E-state index in [1.807, 2.05) is 17.6 Å². The largest absolute Gasteiger partial charge is 0.494 e. The quantitative estimate of drug-likeness (QED) is 0.797. The van der Waals surface area contributed by atoms with Crippen molar-refractivity contribution in [3.63, 3.8) is 0 Å². The molecule has 4 heteroatoms. The fraction of sp³-hybridized carbons (Fsp3) is 0.438. The Labute approximate surface area is 125 Å². The Balaban J connectivity index is 2.19. The van der Waals surface area contributed by atoms with Crippen LogP contribution in [0.2, 0.25) is 0 Å². The monoisotopic (exact) mass is 290 g/mol. The molecule has 0 aliphatic carbocycles. The molecule has 0 aliphatic rings. The van der Waals surface area contributed by atoms with Crippen molar-refractivity contribution in [3.05, 3.63) is 46.4 Å². The normalized spacial score (nSPS) is 12.3. The lowest BCUT2D eigenvalue weighted by Crippen LogP contribution is -2.23. The average Bonchev–Trinajstić information content (AvgIpc) is 3.00. The Morgan fingerprint density at radius 1 is 1.30 bits per heavy atom. The van der Waals surface area contributed by atoms with Crippen LogP contribution in [-0.2, 0) is 0 Å². The molecule has 1 aromatic heterocycles. The fourth-order valence-corrected chi connectivity index (χ4v) is 2.76. The summed E-state index contributed by atoms with van der Waals surface area (Å²) in [5.74, 6) is 0.934. The van der Waals surface area contributed by atoms with E-state index < -0.39 is 0 Å². The van der Waals surface area contributed by atoms with Gasteiger partial charge in [0.1, 0.15) is 10.8 Å². The summed E-state index contributed by atoms with van der Waals surface area (Å²) in [5.41, 5.74) is 1.21. The SMILES string of the molecule is CCCNC(c1cccc(OCCC)c1)c1nccs1. The number of rotatable bonds is 8. The standard InChI is InChI=1S/C16H22N2OS/c1-3-8-17-15(16-18-9-11-20-16)13-6-5-7-14(12-13)19-10-4-2/h5-7,9,11-12,15,17H,3-4,8,10H2,1-2H3. The first-order valence-electron chi connectivity index (χ1n) is 7.20. The zero-order valence-corrected chi connectivity index (χ0v) is 13.0. The number of nitrogens with one attached hydrogen (secondary N) is 1. The summed E-state index contributed by atoms with van der Waals surface area (Å²) in [5, 5.41) is 6.69. The number of thiazole rings is 1. The van der Waals surface area contributed by atoms with Gasteiger partial charge >= 0.3 is 0 Å². The Morgan fingerprint density at radius 2 is 2.20 bits per heavy atom. The maximum absolute atomic E-state index is 5.72. The Morgan fingerprint density at radius 3 is 2.90 bits per heavy atom. The summed E-state index contributed by atoms with van der Waals surface area (Å²) in [6.07, 6.45) is 3.99. The summed E-state index contributed by atoms with van der Waals surface area (Å²) in [7, 11) is 0. The van der Waals surface area contributed by atoms with E-state index in [-0.39, 0.29) is 6.04 Å². The van der Waals surface area contributed by atoms with Crippen LogP contribution in [0.1, 0.15) is 43.3 Å². The Hall–Kier alpha value is -1.39. The number of benzene rings is 1. The van der Waals surface area contributed by atoms with Gasteiger partial charge in [-0.1, -0.05) is 26.0 Å². The molecule has 0 fully saturated rings. The van der Waals surface area contributed by atoms with E-state index in [0.29, 0.717) is 0 Å². The molecule has 0 bridgehead atoms. The number of hydrogen-bond donors (Lipinski definition) is 1. The molecule has 2 rings (SSSR count). The van der Waals surface area contributed by atoms with E-state index in [1.54, 1.807) is 11.3 Å². The van der Waals surface area contributed by atoms with Crippen molar-refractivity contribution >= 4 is 11.3 Å². The van der Waals surface area contributed by atoms with Crippen molar-refractivity contribution in [3.8, 4) is 5.75 Å². The molecule has 0 spiro atoms. The molecule has 3 nitrogen and oxygen atoms in total. The van der Waals surface area contributed by atoms with Gasteiger partial charge in [-0.05, 0) is 37.1 Å². The average molecular weight is 290 g/mol. The summed E-state index contributed by atoms with van der Waals surface area (Å²) in [6.45, 7) is 6.02. The van der Waals surface area contributed by atoms with Gasteiger partial charge in [0, 0.05) is 11.6 Å². The van der Waals surface area contributed by atoms with Crippen LogP contribution in [0.15, 0.2) is 35.8 Å². The minimum absolute atomic E-state index is 0.153. The number of aromatic nitrogens is 1. The predicted molar refractivity (Wildman–Crippen MR) is 84.5 cm³/mol. The molecule has 0 radical (unpaired) electrons. The lowest BCUT2D eigenvalue weighted by atomic mass is 10.1. The first-order valence-corrected chi connectivity index (χ1v) is 8.08. The third-order valence-electron chi connectivity index (χ3n) is 2.96. The van der Waals surface area contributed by atoms with Crippen LogP contribution in [0.25, 0.3) is 0 Å². The number of ether oxygens (including phenoxy) is 1. The maximum atomic E-state index is 5.72. The van der Waals surface area contributed by atoms with Gasteiger partial charge in [-0.15, -0.1) is 11.3 Å². The second kappa shape index (κ2) is 8.02. The van der Waals surface area contributed by atoms with Crippen LogP contribution in [-0.4, -0.2) is 18.1 Å². The van der Waals surface area contributed by atoms with Crippen LogP contribution in [0, 0.1) is 0 Å². The van der Waals surface area contributed by atoms with Gasteiger partial charge in [-0.25, -0.2) is 4.98 Å². The highest BCUT2D eigenvalue weighted by molar-refractivity contribution is 7.09. The molecule has 0 saturated carbocycles. The van der Waals surface area contributed by atoms with E-state index in [4.69, 9.17) is 4.74 Å². The topological polar surface area (TPSA) is 34.1 Å². The van der Waals surface area contributed by atoms with E-state index in [0.717, 1.165) is 36.8 Å². The molecule has 2 aromatic rings. The summed E-state index contributed by atoms with van der Waals surface area (Å²) >= 11 is 1.69. The van der Waals surface area contributed by atoms with Crippen LogP contribution in [0.4, 0.5) is 0 Å². The number of hydrogen-bond acceptors (Lipinski definition) is 4. The third kappa shape index (κ3) is 4.05. The van der Waals surface area contributed by atoms with E-state index in [1.165, 1.54) is 5.56 Å². The smallest absolute Gasteiger partial charge is 0.119 e. The highest BCUT2D eigenvalue weighted by Crippen LogP contribution is 2.26. The molecule has 1 unspecified atom stereocenters. The highest BCUT2D eigenvalue weighted by Gasteiger charge is 2.16. The van der Waals surface area contributed by atoms with Gasteiger partial charge in [0.15, 0.2) is 0 Å². The van der Waals surface area contributed by atoms with Gasteiger partial charge in [0.25, 0.3) is 0 Å². The zero-order chi connectivity index (χ0) is 14.2. The molecule has 1 atom stereocenters. The lowest BCUT2D eigenvalue weighted by Gasteiger charge is -2.17. The maximum Gasteiger partial charge on any atom is 0.119 e. The molecular weight excluding hydrogens is 268 g/mol. The van der Waals surface area contributed by atoms with E-state index in [9.17, 15) is 0 Å². The van der Waals surface area contributed by atoms with Crippen molar-refractivity contribution < 1.29 is 4.74 Å².